The van der Waals surface area contributed by atoms with E-state index < -0.39 is 15.7 Å². The molecule has 1 N–H and O–H groups in total. The molecule has 0 aliphatic carbocycles. The molecule has 0 unspecified atom stereocenters. The minimum atomic E-state index is -3.81. The van der Waals surface area contributed by atoms with Crippen LogP contribution in [0.3, 0.4) is 0 Å². The number of H-pyrrole nitrogens is 1. The fraction of sp³-hybridized carbons (Fsp3) is 0.136. The van der Waals surface area contributed by atoms with Crippen molar-refractivity contribution < 1.29 is 17.6 Å². The lowest BCUT2D eigenvalue weighted by Gasteiger charge is -2.07. The van der Waals surface area contributed by atoms with E-state index in [1.807, 2.05) is 0 Å². The van der Waals surface area contributed by atoms with Crippen molar-refractivity contribution in [1.82, 2.24) is 15.2 Å². The van der Waals surface area contributed by atoms with Gasteiger partial charge in [-0.05, 0) is 60.9 Å². The number of aryl methyl sites for hydroxylation is 2. The molecule has 0 aliphatic heterocycles. The Morgan fingerprint density at radius 2 is 1.80 bits per heavy atom. The molecule has 0 fully saturated rings. The number of hydrogen-bond acceptors (Lipinski definition) is 5. The van der Waals surface area contributed by atoms with Gasteiger partial charge in [-0.15, -0.1) is 0 Å². The second kappa shape index (κ2) is 7.79. The minimum absolute atomic E-state index is 0.0578. The lowest BCUT2D eigenvalue weighted by molar-refractivity contribution is 0.0982. The first-order valence-corrected chi connectivity index (χ1v) is 10.7. The molecule has 30 heavy (non-hydrogen) atoms. The number of carbonyl (C=O) groups excluding carboxylic acids is 1. The summed E-state index contributed by atoms with van der Waals surface area (Å²) in [5.41, 5.74) is 2.49. The number of benzene rings is 2. The number of nitrogens with zero attached hydrogens (tertiary/aromatic N) is 2. The molecule has 6 nitrogen and oxygen atoms in total. The molecule has 152 valence electrons. The third kappa shape index (κ3) is 3.99. The van der Waals surface area contributed by atoms with Crippen LogP contribution >= 0.6 is 0 Å². The average molecular weight is 423 g/mol. The van der Waals surface area contributed by atoms with Crippen LogP contribution in [0.25, 0.3) is 11.0 Å². The number of nitrogens with one attached hydrogen (secondary N) is 1. The lowest BCUT2D eigenvalue weighted by atomic mass is 10.0. The number of aromatic nitrogens is 3. The normalized spacial score (nSPS) is 11.7. The Hall–Kier alpha value is -3.39. The Morgan fingerprint density at radius 3 is 2.53 bits per heavy atom. The number of rotatable bonds is 6. The van der Waals surface area contributed by atoms with Crippen LogP contribution in [0.15, 0.2) is 70.7 Å². The molecule has 0 bridgehead atoms. The van der Waals surface area contributed by atoms with Crippen LogP contribution in [0.5, 0.6) is 0 Å². The maximum absolute atomic E-state index is 13.6. The van der Waals surface area contributed by atoms with E-state index in [1.54, 1.807) is 31.3 Å². The zero-order chi connectivity index (χ0) is 21.3. The summed E-state index contributed by atoms with van der Waals surface area (Å²) < 4.78 is 39.1. The number of Topliss-reactive ketones (excluding diaryl/α,β-unsaturated/α-hetero) is 1. The summed E-state index contributed by atoms with van der Waals surface area (Å²) in [5.74, 6) is -0.649. The molecule has 2 heterocycles. The van der Waals surface area contributed by atoms with Gasteiger partial charge in [0.15, 0.2) is 11.4 Å². The molecule has 0 saturated heterocycles. The highest BCUT2D eigenvalue weighted by Crippen LogP contribution is 2.23. The summed E-state index contributed by atoms with van der Waals surface area (Å²) in [6.45, 7) is 1.64. The summed E-state index contributed by atoms with van der Waals surface area (Å²) in [5, 5.41) is 7.39. The van der Waals surface area contributed by atoms with Crippen molar-refractivity contribution in [3.63, 3.8) is 0 Å². The van der Waals surface area contributed by atoms with Crippen LogP contribution in [0.2, 0.25) is 0 Å². The topological polar surface area (TPSA) is 92.8 Å². The quantitative estimate of drug-likeness (QED) is 0.472. The van der Waals surface area contributed by atoms with Gasteiger partial charge >= 0.3 is 0 Å². The maximum atomic E-state index is 13.6. The third-order valence-corrected chi connectivity index (χ3v) is 6.56. The number of hydrogen-bond donors (Lipinski definition) is 1. The molecule has 0 amide bonds. The number of aromatic amines is 1. The molecular formula is C22H18FN3O3S. The van der Waals surface area contributed by atoms with Crippen molar-refractivity contribution in [3.8, 4) is 0 Å². The Bertz CT molecular complexity index is 1330. The van der Waals surface area contributed by atoms with Gasteiger partial charge in [0.2, 0.25) is 9.84 Å². The summed E-state index contributed by atoms with van der Waals surface area (Å²) in [7, 11) is -3.81. The van der Waals surface area contributed by atoms with E-state index in [9.17, 15) is 17.6 Å². The van der Waals surface area contributed by atoms with Crippen molar-refractivity contribution in [1.29, 1.82) is 0 Å². The fourth-order valence-corrected chi connectivity index (χ4v) is 4.60. The summed E-state index contributed by atoms with van der Waals surface area (Å²) in [4.78, 5) is 16.6. The first-order valence-electron chi connectivity index (χ1n) is 9.26. The van der Waals surface area contributed by atoms with Crippen molar-refractivity contribution in [2.75, 3.05) is 0 Å². The highest BCUT2D eigenvalue weighted by atomic mass is 32.2. The van der Waals surface area contributed by atoms with Gasteiger partial charge in [-0.2, -0.15) is 5.10 Å². The standard InChI is InChI=1S/C22H18FN3O3S/c1-14-8-18(23)11-20(9-14)30(28,29)19-5-2-15(3-6-19)4-7-21(27)16-10-17-13-25-26-22(17)24-12-16/h2-3,5-6,8-13H,4,7H2,1H3,(H,24,25,26). The Morgan fingerprint density at radius 1 is 1.03 bits per heavy atom. The molecule has 8 heteroatoms. The molecule has 0 aliphatic rings. The van der Waals surface area contributed by atoms with Crippen LogP contribution in [-0.2, 0) is 16.3 Å². The SMILES string of the molecule is Cc1cc(F)cc(S(=O)(=O)c2ccc(CCC(=O)c3cnc4[nH]ncc4c3)cc2)c1. The van der Waals surface area contributed by atoms with Gasteiger partial charge < -0.3 is 0 Å². The van der Waals surface area contributed by atoms with E-state index >= 15 is 0 Å². The van der Waals surface area contributed by atoms with Gasteiger partial charge in [-0.3, -0.25) is 9.89 Å². The Kier molecular flexibility index (Phi) is 5.17. The van der Waals surface area contributed by atoms with Crippen LogP contribution < -0.4 is 0 Å². The fourth-order valence-electron chi connectivity index (χ4n) is 3.22. The van der Waals surface area contributed by atoms with Crippen molar-refractivity contribution in [2.24, 2.45) is 0 Å². The second-order valence-corrected chi connectivity index (χ2v) is 9.02. The average Bonchev–Trinajstić information content (AvgIpc) is 3.19. The second-order valence-electron chi connectivity index (χ2n) is 7.07. The molecule has 0 atom stereocenters. The van der Waals surface area contributed by atoms with Crippen LogP contribution in [-0.4, -0.2) is 29.4 Å². The van der Waals surface area contributed by atoms with Gasteiger partial charge in [0.1, 0.15) is 5.82 Å². The smallest absolute Gasteiger partial charge is 0.206 e. The van der Waals surface area contributed by atoms with E-state index in [0.717, 1.165) is 17.0 Å². The summed E-state index contributed by atoms with van der Waals surface area (Å²) >= 11 is 0. The number of carbonyl (C=O) groups is 1. The van der Waals surface area contributed by atoms with E-state index in [-0.39, 0.29) is 22.0 Å². The largest absolute Gasteiger partial charge is 0.294 e. The van der Waals surface area contributed by atoms with Crippen LogP contribution in [0.4, 0.5) is 4.39 Å². The van der Waals surface area contributed by atoms with E-state index in [2.05, 4.69) is 15.2 Å². The molecule has 0 spiro atoms. The monoisotopic (exact) mass is 423 g/mol. The summed E-state index contributed by atoms with van der Waals surface area (Å²) in [6, 6.07) is 11.8. The minimum Gasteiger partial charge on any atom is -0.294 e. The maximum Gasteiger partial charge on any atom is 0.206 e. The first kappa shape index (κ1) is 19.9. The number of sulfone groups is 1. The van der Waals surface area contributed by atoms with Gasteiger partial charge in [-0.25, -0.2) is 17.8 Å². The van der Waals surface area contributed by atoms with Crippen LogP contribution in [0.1, 0.15) is 27.9 Å². The first-order chi connectivity index (χ1) is 14.3. The highest BCUT2D eigenvalue weighted by molar-refractivity contribution is 7.91. The zero-order valence-corrected chi connectivity index (χ0v) is 16.9. The molecule has 2 aromatic heterocycles. The van der Waals surface area contributed by atoms with Gasteiger partial charge in [0.25, 0.3) is 0 Å². The molecular weight excluding hydrogens is 405 g/mol. The molecule has 4 rings (SSSR count). The number of halogens is 1. The van der Waals surface area contributed by atoms with Gasteiger partial charge in [0.05, 0.1) is 16.0 Å². The predicted octanol–water partition coefficient (Wildman–Crippen LogP) is 4.05. The van der Waals surface area contributed by atoms with Gasteiger partial charge in [0, 0.05) is 23.6 Å². The molecule has 0 radical (unpaired) electrons. The predicted molar refractivity (Wildman–Crippen MR) is 110 cm³/mol. The molecule has 0 saturated carbocycles. The number of ketones is 1. The van der Waals surface area contributed by atoms with Crippen molar-refractivity contribution >= 4 is 26.7 Å². The van der Waals surface area contributed by atoms with Gasteiger partial charge in [-0.1, -0.05) is 12.1 Å². The van der Waals surface area contributed by atoms with Crippen molar-refractivity contribution in [3.05, 3.63) is 83.4 Å². The molecule has 4 aromatic rings. The Balaban J connectivity index is 1.47. The lowest BCUT2D eigenvalue weighted by Crippen LogP contribution is -2.04. The van der Waals surface area contributed by atoms with E-state index in [4.69, 9.17) is 0 Å². The van der Waals surface area contributed by atoms with E-state index in [1.165, 1.54) is 30.5 Å². The summed E-state index contributed by atoms with van der Waals surface area (Å²) in [6.07, 6.45) is 3.85. The third-order valence-electron chi connectivity index (χ3n) is 4.81. The number of pyridine rings is 1. The highest BCUT2D eigenvalue weighted by Gasteiger charge is 2.19. The zero-order valence-electron chi connectivity index (χ0n) is 16.1. The van der Waals surface area contributed by atoms with Crippen molar-refractivity contribution in [2.45, 2.75) is 29.6 Å². The Labute approximate surface area is 172 Å². The van der Waals surface area contributed by atoms with E-state index in [0.29, 0.717) is 23.2 Å². The van der Waals surface area contributed by atoms with Crippen LogP contribution in [0, 0.1) is 12.7 Å². The molecule has 2 aromatic carbocycles. The number of fused-ring (bicyclic) bond motifs is 1.